The Kier molecular flexibility index (Phi) is 5.82. The van der Waals surface area contributed by atoms with E-state index in [4.69, 9.17) is 16.7 Å². The fourth-order valence-electron chi connectivity index (χ4n) is 2.72. The number of hydrogen-bond donors (Lipinski definition) is 2. The first-order chi connectivity index (χ1) is 10.2. The summed E-state index contributed by atoms with van der Waals surface area (Å²) in [5.74, 6) is 0.986. The molecule has 0 bridgehead atoms. The van der Waals surface area contributed by atoms with E-state index in [9.17, 15) is 4.79 Å². The van der Waals surface area contributed by atoms with Crippen molar-refractivity contribution in [3.8, 4) is 0 Å². The van der Waals surface area contributed by atoms with Crippen molar-refractivity contribution < 1.29 is 9.90 Å². The molecule has 1 aliphatic heterocycles. The van der Waals surface area contributed by atoms with Gasteiger partial charge in [0.05, 0.1) is 10.6 Å². The lowest BCUT2D eigenvalue weighted by Crippen LogP contribution is -2.40. The van der Waals surface area contributed by atoms with Crippen LogP contribution < -0.4 is 5.32 Å². The first-order valence-corrected chi connectivity index (χ1v) is 7.83. The average Bonchev–Trinajstić information content (AvgIpc) is 2.49. The van der Waals surface area contributed by atoms with Crippen molar-refractivity contribution in [1.29, 1.82) is 0 Å². The maximum Gasteiger partial charge on any atom is 0.255 e. The van der Waals surface area contributed by atoms with Crippen LogP contribution in [0, 0.1) is 5.92 Å². The summed E-state index contributed by atoms with van der Waals surface area (Å²) in [6, 6.07) is 1.71. The molecule has 2 N–H and O–H groups in total. The van der Waals surface area contributed by atoms with E-state index in [0.29, 0.717) is 28.9 Å². The van der Waals surface area contributed by atoms with Gasteiger partial charge in [0.2, 0.25) is 0 Å². The zero-order chi connectivity index (χ0) is 15.2. The number of hydrogen-bond acceptors (Lipinski definition) is 4. The van der Waals surface area contributed by atoms with E-state index >= 15 is 0 Å². The van der Waals surface area contributed by atoms with Gasteiger partial charge in [0, 0.05) is 32.4 Å². The molecule has 1 aliphatic rings. The first-order valence-electron chi connectivity index (χ1n) is 7.45. The molecule has 0 aromatic carbocycles. The number of halogens is 1. The second-order valence-corrected chi connectivity index (χ2v) is 5.76. The van der Waals surface area contributed by atoms with Crippen LogP contribution in [0.4, 0.5) is 5.82 Å². The van der Waals surface area contributed by atoms with Crippen molar-refractivity contribution in [2.24, 2.45) is 5.92 Å². The predicted octanol–water partition coefficient (Wildman–Crippen LogP) is 2.40. The number of pyridine rings is 1. The molecular weight excluding hydrogens is 290 g/mol. The van der Waals surface area contributed by atoms with Crippen LogP contribution in [0.3, 0.4) is 0 Å². The third-order valence-electron chi connectivity index (χ3n) is 3.79. The van der Waals surface area contributed by atoms with Gasteiger partial charge in [-0.1, -0.05) is 11.6 Å². The smallest absolute Gasteiger partial charge is 0.255 e. The number of carbonyl (C=O) groups excluding carboxylic acids is 1. The van der Waals surface area contributed by atoms with Gasteiger partial charge in [-0.2, -0.15) is 0 Å². The summed E-state index contributed by atoms with van der Waals surface area (Å²) in [4.78, 5) is 18.6. The maximum absolute atomic E-state index is 12.7. The Morgan fingerprint density at radius 1 is 1.62 bits per heavy atom. The van der Waals surface area contributed by atoms with Crippen LogP contribution in [-0.2, 0) is 0 Å². The quantitative estimate of drug-likeness (QED) is 0.876. The first kappa shape index (κ1) is 16.0. The fourth-order valence-corrected chi connectivity index (χ4v) is 2.90. The molecular formula is C15H22ClN3O2. The van der Waals surface area contributed by atoms with Crippen molar-refractivity contribution in [2.45, 2.75) is 26.2 Å². The average molecular weight is 312 g/mol. The Morgan fingerprint density at radius 2 is 2.43 bits per heavy atom. The van der Waals surface area contributed by atoms with Crippen molar-refractivity contribution >= 4 is 23.3 Å². The monoisotopic (exact) mass is 311 g/mol. The number of nitrogens with one attached hydrogen (secondary N) is 1. The van der Waals surface area contributed by atoms with E-state index < -0.39 is 0 Å². The third-order valence-corrected chi connectivity index (χ3v) is 4.09. The second kappa shape index (κ2) is 7.61. The molecule has 1 saturated heterocycles. The topological polar surface area (TPSA) is 65.5 Å². The molecule has 0 radical (unpaired) electrons. The van der Waals surface area contributed by atoms with Crippen molar-refractivity contribution in [3.05, 3.63) is 22.8 Å². The highest BCUT2D eigenvalue weighted by Crippen LogP contribution is 2.24. The molecule has 0 saturated carbocycles. The number of nitrogens with zero attached hydrogens (tertiary/aromatic N) is 2. The van der Waals surface area contributed by atoms with Gasteiger partial charge in [0.1, 0.15) is 5.82 Å². The summed E-state index contributed by atoms with van der Waals surface area (Å²) in [7, 11) is 0. The summed E-state index contributed by atoms with van der Waals surface area (Å²) in [6.45, 7) is 4.32. The van der Waals surface area contributed by atoms with Gasteiger partial charge in [-0.25, -0.2) is 4.98 Å². The Labute approximate surface area is 130 Å². The van der Waals surface area contributed by atoms with E-state index in [-0.39, 0.29) is 12.5 Å². The molecule has 6 heteroatoms. The van der Waals surface area contributed by atoms with Gasteiger partial charge in [-0.15, -0.1) is 0 Å². The minimum Gasteiger partial charge on any atom is -0.396 e. The van der Waals surface area contributed by atoms with Crippen molar-refractivity contribution in [3.63, 3.8) is 0 Å². The molecule has 1 aromatic rings. The zero-order valence-electron chi connectivity index (χ0n) is 12.3. The predicted molar refractivity (Wildman–Crippen MR) is 83.7 cm³/mol. The molecule has 2 heterocycles. The molecule has 116 valence electrons. The lowest BCUT2D eigenvalue weighted by atomic mass is 9.95. The zero-order valence-corrected chi connectivity index (χ0v) is 13.1. The number of aromatic nitrogens is 1. The second-order valence-electron chi connectivity index (χ2n) is 5.35. The molecule has 1 fully saturated rings. The highest BCUT2D eigenvalue weighted by molar-refractivity contribution is 6.33. The highest BCUT2D eigenvalue weighted by Gasteiger charge is 2.25. The van der Waals surface area contributed by atoms with Gasteiger partial charge < -0.3 is 15.3 Å². The maximum atomic E-state index is 12.7. The van der Waals surface area contributed by atoms with Crippen LogP contribution in [0.25, 0.3) is 0 Å². The van der Waals surface area contributed by atoms with Crippen molar-refractivity contribution in [2.75, 3.05) is 31.6 Å². The van der Waals surface area contributed by atoms with Crippen LogP contribution >= 0.6 is 11.6 Å². The molecule has 5 nitrogen and oxygen atoms in total. The van der Waals surface area contributed by atoms with E-state index in [0.717, 1.165) is 32.4 Å². The summed E-state index contributed by atoms with van der Waals surface area (Å²) in [5, 5.41) is 12.5. The van der Waals surface area contributed by atoms with Crippen LogP contribution in [0.1, 0.15) is 36.5 Å². The SMILES string of the molecule is CCNc1cc(C(=O)N2CCCC(CCO)C2)c(Cl)cn1. The number of aliphatic hydroxyl groups is 1. The molecule has 1 aromatic heterocycles. The molecule has 21 heavy (non-hydrogen) atoms. The highest BCUT2D eigenvalue weighted by atomic mass is 35.5. The van der Waals surface area contributed by atoms with E-state index in [1.165, 1.54) is 6.20 Å². The molecule has 1 atom stereocenters. The normalized spacial score (nSPS) is 18.6. The van der Waals surface area contributed by atoms with Gasteiger partial charge in [-0.05, 0) is 38.2 Å². The molecule has 2 rings (SSSR count). The van der Waals surface area contributed by atoms with Crippen LogP contribution in [0.15, 0.2) is 12.3 Å². The largest absolute Gasteiger partial charge is 0.396 e. The lowest BCUT2D eigenvalue weighted by molar-refractivity contribution is 0.0653. The van der Waals surface area contributed by atoms with E-state index in [1.54, 1.807) is 6.07 Å². The number of amides is 1. The lowest BCUT2D eigenvalue weighted by Gasteiger charge is -2.32. The third kappa shape index (κ3) is 4.08. The van der Waals surface area contributed by atoms with Crippen molar-refractivity contribution in [1.82, 2.24) is 9.88 Å². The number of likely N-dealkylation sites (tertiary alicyclic amines) is 1. The van der Waals surface area contributed by atoms with Gasteiger partial charge >= 0.3 is 0 Å². The number of aliphatic hydroxyl groups excluding tert-OH is 1. The summed E-state index contributed by atoms with van der Waals surface area (Å²) < 4.78 is 0. The van der Waals surface area contributed by atoms with E-state index in [1.807, 2.05) is 11.8 Å². The molecule has 1 unspecified atom stereocenters. The van der Waals surface area contributed by atoms with Gasteiger partial charge in [0.25, 0.3) is 5.91 Å². The minimum absolute atomic E-state index is 0.0517. The van der Waals surface area contributed by atoms with Gasteiger partial charge in [0.15, 0.2) is 0 Å². The summed E-state index contributed by atoms with van der Waals surface area (Å²) in [6.07, 6.45) is 4.30. The fraction of sp³-hybridized carbons (Fsp3) is 0.600. The number of anilines is 1. The Bertz CT molecular complexity index is 494. The molecule has 1 amide bonds. The minimum atomic E-state index is -0.0517. The Morgan fingerprint density at radius 3 is 3.14 bits per heavy atom. The molecule has 0 aliphatic carbocycles. The number of piperidine rings is 1. The van der Waals surface area contributed by atoms with Crippen LogP contribution in [-0.4, -0.2) is 47.1 Å². The Balaban J connectivity index is 2.13. The van der Waals surface area contributed by atoms with Gasteiger partial charge in [-0.3, -0.25) is 4.79 Å². The van der Waals surface area contributed by atoms with Crippen LogP contribution in [0.5, 0.6) is 0 Å². The number of carbonyl (C=O) groups is 1. The molecule has 0 spiro atoms. The number of rotatable bonds is 5. The van der Waals surface area contributed by atoms with Crippen LogP contribution in [0.2, 0.25) is 5.02 Å². The summed E-state index contributed by atoms with van der Waals surface area (Å²) >= 11 is 6.13. The Hall–Kier alpha value is -1.33. The van der Waals surface area contributed by atoms with E-state index in [2.05, 4.69) is 10.3 Å². The standard InChI is InChI=1S/C15H22ClN3O2/c1-2-17-14-8-12(13(16)9-18-14)15(21)19-6-3-4-11(10-19)5-7-20/h8-9,11,20H,2-7,10H2,1H3,(H,17,18). The summed E-state index contributed by atoms with van der Waals surface area (Å²) in [5.41, 5.74) is 0.493.